The Labute approximate surface area is 382 Å². The van der Waals surface area contributed by atoms with Crippen LogP contribution in [0.3, 0.4) is 0 Å². The molecular weight excluding hydrogens is 803 g/mol. The van der Waals surface area contributed by atoms with Crippen LogP contribution < -0.4 is 0 Å². The maximum Gasteiger partial charge on any atom is 0.160 e. The topological polar surface area (TPSA) is 42.8 Å². The lowest BCUT2D eigenvalue weighted by Crippen LogP contribution is -2.10. The second-order valence-electron chi connectivity index (χ2n) is 17.5. The third-order valence-electron chi connectivity index (χ3n) is 13.5. The Morgan fingerprint density at radius 2 is 1.15 bits per heavy atom. The van der Waals surface area contributed by atoms with Gasteiger partial charge >= 0.3 is 0 Å². The van der Waals surface area contributed by atoms with Gasteiger partial charge in [0, 0.05) is 32.5 Å². The van der Waals surface area contributed by atoms with Crippen LogP contribution in [0.1, 0.15) is 47.9 Å². The smallest absolute Gasteiger partial charge is 0.160 e. The molecule has 4 heteroatoms. The Balaban J connectivity index is 1.08. The molecule has 11 aromatic rings. The molecule has 0 saturated heterocycles. The summed E-state index contributed by atoms with van der Waals surface area (Å²) in [5, 5.41) is 9.09. The van der Waals surface area contributed by atoms with Gasteiger partial charge in [-0.05, 0) is 118 Å². The van der Waals surface area contributed by atoms with Gasteiger partial charge in [0.25, 0.3) is 0 Å². The van der Waals surface area contributed by atoms with Gasteiger partial charge in [0.15, 0.2) is 11.4 Å². The van der Waals surface area contributed by atoms with Gasteiger partial charge in [0.2, 0.25) is 0 Å². The predicted molar refractivity (Wildman–Crippen MR) is 278 cm³/mol. The van der Waals surface area contributed by atoms with Crippen molar-refractivity contribution in [2.75, 3.05) is 0 Å². The minimum Gasteiger partial charge on any atom is -0.453 e. The molecule has 1 aliphatic heterocycles. The van der Waals surface area contributed by atoms with E-state index >= 15 is 0 Å². The van der Waals surface area contributed by atoms with Crippen molar-refractivity contribution in [3.8, 4) is 16.8 Å². The molecule has 13 rings (SSSR count). The van der Waals surface area contributed by atoms with Gasteiger partial charge < -0.3 is 8.98 Å². The van der Waals surface area contributed by atoms with Crippen LogP contribution in [0.4, 0.5) is 0 Å². The molecule has 0 amide bonds. The molecule has 0 fully saturated rings. The Morgan fingerprint density at radius 3 is 2.00 bits per heavy atom. The van der Waals surface area contributed by atoms with Gasteiger partial charge in [0.1, 0.15) is 5.58 Å². The normalized spacial score (nSPS) is 15.2. The summed E-state index contributed by atoms with van der Waals surface area (Å²) < 4.78 is 9.57. The number of allylic oxidation sites excluding steroid dienone is 5. The van der Waals surface area contributed by atoms with Gasteiger partial charge in [-0.2, -0.15) is 0 Å². The van der Waals surface area contributed by atoms with E-state index in [4.69, 9.17) is 14.4 Å². The fraction of sp³-hybridized carbons (Fsp3) is 0.0645. The average Bonchev–Trinajstić information content (AvgIpc) is 3.92. The summed E-state index contributed by atoms with van der Waals surface area (Å²) in [4.78, 5) is 11.3. The van der Waals surface area contributed by atoms with E-state index in [1.165, 1.54) is 43.8 Å². The van der Waals surface area contributed by atoms with Gasteiger partial charge in [-0.1, -0.05) is 170 Å². The van der Waals surface area contributed by atoms with Gasteiger partial charge in [-0.15, -0.1) is 0 Å². The second-order valence-corrected chi connectivity index (χ2v) is 17.5. The zero-order chi connectivity index (χ0) is 43.6. The summed E-state index contributed by atoms with van der Waals surface area (Å²) in [6.45, 7) is 0. The van der Waals surface area contributed by atoms with E-state index in [1.807, 2.05) is 0 Å². The lowest BCUT2D eigenvalue weighted by atomic mass is 9.94. The summed E-state index contributed by atoms with van der Waals surface area (Å²) in [5.41, 5.74) is 14.9. The molecule has 0 saturated carbocycles. The summed E-state index contributed by atoms with van der Waals surface area (Å²) in [6.07, 6.45) is 12.6. The van der Waals surface area contributed by atoms with Crippen LogP contribution in [0.5, 0.6) is 0 Å². The highest BCUT2D eigenvalue weighted by Gasteiger charge is 2.23. The van der Waals surface area contributed by atoms with Gasteiger partial charge in [-0.25, -0.2) is 9.98 Å². The van der Waals surface area contributed by atoms with Crippen LogP contribution in [0.2, 0.25) is 0 Å². The standard InChI is InChI=1S/C62H43N3O/c1-3-15-40(16-4-1)42-29-31-44(32-30-42)55-26-14-27-56(48-23-13-22-45(35-48)41-17-5-2-6-18-41)64-62(63-55)49-37-54-52-34-33-43-19-9-10-24-50(43)60(52)66-61(54)59(39-49)65-57-28-12-11-25-51(57)53-36-46-20-7-8-21-47(46)38-58(53)65/h1-5,7-13,15-17,19-26,28-39H,6,14,18,27H2/b55-26-,63-62?,64-56?. The Bertz CT molecular complexity index is 3910. The molecule has 0 spiro atoms. The van der Waals surface area contributed by atoms with Gasteiger partial charge in [-0.3, -0.25) is 0 Å². The summed E-state index contributed by atoms with van der Waals surface area (Å²) in [6, 6.07) is 67.7. The molecule has 3 heterocycles. The number of hydrogen-bond acceptors (Lipinski definition) is 3. The van der Waals surface area contributed by atoms with Crippen LogP contribution in [-0.2, 0) is 0 Å². The van der Waals surface area contributed by atoms with Crippen LogP contribution in [-0.4, -0.2) is 16.1 Å². The molecule has 66 heavy (non-hydrogen) atoms. The number of amidine groups is 1. The lowest BCUT2D eigenvalue weighted by molar-refractivity contribution is 0.670. The lowest BCUT2D eigenvalue weighted by Gasteiger charge is -2.16. The number of furan rings is 1. The maximum absolute atomic E-state index is 7.17. The molecule has 0 radical (unpaired) electrons. The van der Waals surface area contributed by atoms with Crippen molar-refractivity contribution < 1.29 is 4.42 Å². The van der Waals surface area contributed by atoms with Crippen molar-refractivity contribution in [3.63, 3.8) is 0 Å². The number of nitrogens with zero attached hydrogens (tertiary/aromatic N) is 3. The molecule has 9 aromatic carbocycles. The molecule has 0 bridgehead atoms. The molecule has 0 unspecified atom stereocenters. The van der Waals surface area contributed by atoms with Crippen LogP contribution >= 0.6 is 0 Å². The molecule has 312 valence electrons. The van der Waals surface area contributed by atoms with Crippen molar-refractivity contribution in [2.45, 2.75) is 25.7 Å². The summed E-state index contributed by atoms with van der Waals surface area (Å²) >= 11 is 0. The summed E-state index contributed by atoms with van der Waals surface area (Å²) in [5.74, 6) is 0.665. The molecule has 2 aliphatic rings. The Hall–Kier alpha value is -8.34. The zero-order valence-corrected chi connectivity index (χ0v) is 36.3. The fourth-order valence-corrected chi connectivity index (χ4v) is 10.2. The predicted octanol–water partition coefficient (Wildman–Crippen LogP) is 16.5. The van der Waals surface area contributed by atoms with E-state index in [0.717, 1.165) is 103 Å². The molecular formula is C62H43N3O. The van der Waals surface area contributed by atoms with E-state index in [1.54, 1.807) is 0 Å². The number of para-hydroxylation sites is 1. The Morgan fingerprint density at radius 1 is 0.424 bits per heavy atom. The molecule has 2 aromatic heterocycles. The number of hydrogen-bond donors (Lipinski definition) is 0. The number of benzene rings is 9. The number of aliphatic imine (C=N–C) groups is 2. The number of aromatic nitrogens is 1. The third kappa shape index (κ3) is 6.52. The molecule has 1 aliphatic carbocycles. The first-order valence-electron chi connectivity index (χ1n) is 23.0. The highest BCUT2D eigenvalue weighted by molar-refractivity contribution is 6.21. The van der Waals surface area contributed by atoms with E-state index in [-0.39, 0.29) is 0 Å². The first kappa shape index (κ1) is 38.1. The van der Waals surface area contributed by atoms with Crippen molar-refractivity contribution in [1.82, 2.24) is 4.57 Å². The zero-order valence-electron chi connectivity index (χ0n) is 36.3. The maximum atomic E-state index is 7.17. The highest BCUT2D eigenvalue weighted by Crippen LogP contribution is 2.42. The monoisotopic (exact) mass is 845 g/mol. The first-order chi connectivity index (χ1) is 32.7. The quantitative estimate of drug-likeness (QED) is 0.164. The van der Waals surface area contributed by atoms with Crippen molar-refractivity contribution in [1.29, 1.82) is 0 Å². The van der Waals surface area contributed by atoms with Crippen LogP contribution in [0.25, 0.3) is 93.4 Å². The van der Waals surface area contributed by atoms with Gasteiger partial charge in [0.05, 0.1) is 28.1 Å². The minimum absolute atomic E-state index is 0.665. The average molecular weight is 846 g/mol. The van der Waals surface area contributed by atoms with E-state index < -0.39 is 0 Å². The molecule has 4 nitrogen and oxygen atoms in total. The molecule has 0 atom stereocenters. The van der Waals surface area contributed by atoms with E-state index in [0.29, 0.717) is 5.84 Å². The van der Waals surface area contributed by atoms with Crippen LogP contribution in [0, 0.1) is 0 Å². The minimum atomic E-state index is 0.665. The highest BCUT2D eigenvalue weighted by atomic mass is 16.3. The van der Waals surface area contributed by atoms with Crippen molar-refractivity contribution in [3.05, 3.63) is 235 Å². The molecule has 0 N–H and O–H groups in total. The largest absolute Gasteiger partial charge is 0.453 e. The van der Waals surface area contributed by atoms with Crippen molar-refractivity contribution in [2.24, 2.45) is 9.98 Å². The number of rotatable bonds is 6. The fourth-order valence-electron chi connectivity index (χ4n) is 10.2. The third-order valence-corrected chi connectivity index (χ3v) is 13.5. The second kappa shape index (κ2) is 15.7. The van der Waals surface area contributed by atoms with Crippen molar-refractivity contribution >= 4 is 88.1 Å². The Kier molecular flexibility index (Phi) is 9.09. The summed E-state index contributed by atoms with van der Waals surface area (Å²) in [7, 11) is 0. The number of fused-ring (bicyclic) bond motifs is 9. The van der Waals surface area contributed by atoms with E-state index in [9.17, 15) is 0 Å². The first-order valence-corrected chi connectivity index (χ1v) is 23.0. The van der Waals surface area contributed by atoms with Crippen LogP contribution in [0.15, 0.2) is 227 Å². The van der Waals surface area contributed by atoms with E-state index in [2.05, 4.69) is 217 Å². The SMILES string of the molecule is C1=CCCC(c2cccc(C3=NC(c4cc(-n5c6ccccc6c6cc7ccccc7cc65)c5oc6c7ccccc7ccc6c5c4)=N/C(c4ccc(-c5ccccc5)cc4)=C\CC3)c2)=C1.